The van der Waals surface area contributed by atoms with Crippen LogP contribution in [0.15, 0.2) is 24.5 Å². The van der Waals surface area contributed by atoms with Crippen molar-refractivity contribution in [3.63, 3.8) is 0 Å². The van der Waals surface area contributed by atoms with Gasteiger partial charge in [-0.3, -0.25) is 14.9 Å². The van der Waals surface area contributed by atoms with E-state index in [9.17, 15) is 19.7 Å². The minimum atomic E-state index is -1.29. The molecule has 0 spiro atoms. The molecule has 0 saturated heterocycles. The number of aliphatic hydroxyl groups is 1. The fourth-order valence-corrected chi connectivity index (χ4v) is 1.22. The van der Waals surface area contributed by atoms with Crippen LogP contribution in [0.1, 0.15) is 15.9 Å². The lowest BCUT2D eigenvalue weighted by atomic mass is 10.0. The minimum absolute atomic E-state index is 0.202. The molecule has 1 aromatic rings. The Kier molecular flexibility index (Phi) is 3.55. The number of carbonyl (C=O) groups is 2. The SMILES string of the molecule is O=CC(=CO)c1cc(C(=O)O)ccc1[N+](=O)[O-]. The number of benzene rings is 1. The van der Waals surface area contributed by atoms with E-state index in [2.05, 4.69) is 0 Å². The second kappa shape index (κ2) is 4.88. The highest BCUT2D eigenvalue weighted by molar-refractivity contribution is 6.08. The first-order chi connectivity index (χ1) is 8.01. The van der Waals surface area contributed by atoms with Crippen molar-refractivity contribution in [2.45, 2.75) is 0 Å². The van der Waals surface area contributed by atoms with Crippen LogP contribution in [-0.2, 0) is 4.79 Å². The Morgan fingerprint density at radius 3 is 2.47 bits per heavy atom. The Bertz CT molecular complexity index is 520. The Morgan fingerprint density at radius 1 is 1.41 bits per heavy atom. The minimum Gasteiger partial charge on any atom is -0.515 e. The lowest BCUT2D eigenvalue weighted by Crippen LogP contribution is -2.01. The zero-order valence-corrected chi connectivity index (χ0v) is 8.36. The molecule has 0 aliphatic carbocycles. The quantitative estimate of drug-likeness (QED) is 0.268. The highest BCUT2D eigenvalue weighted by atomic mass is 16.6. The first kappa shape index (κ1) is 12.4. The van der Waals surface area contributed by atoms with Crippen LogP contribution in [0, 0.1) is 10.1 Å². The van der Waals surface area contributed by atoms with Crippen LogP contribution in [0.4, 0.5) is 5.69 Å². The van der Waals surface area contributed by atoms with Gasteiger partial charge in [0, 0.05) is 6.07 Å². The maximum atomic E-state index is 10.7. The summed E-state index contributed by atoms with van der Waals surface area (Å²) in [4.78, 5) is 31.2. The van der Waals surface area contributed by atoms with Crippen molar-refractivity contribution in [3.8, 4) is 0 Å². The third-order valence-electron chi connectivity index (χ3n) is 2.02. The van der Waals surface area contributed by atoms with Gasteiger partial charge in [0.05, 0.1) is 27.9 Å². The predicted octanol–water partition coefficient (Wildman–Crippen LogP) is 1.39. The van der Waals surface area contributed by atoms with Crippen molar-refractivity contribution in [3.05, 3.63) is 45.7 Å². The number of carbonyl (C=O) groups excluding carboxylic acids is 1. The molecular weight excluding hydrogens is 230 g/mol. The van der Waals surface area contributed by atoms with Gasteiger partial charge < -0.3 is 10.2 Å². The zero-order chi connectivity index (χ0) is 13.0. The number of carboxylic acids is 1. The number of carboxylic acid groups (broad SMARTS) is 1. The van der Waals surface area contributed by atoms with E-state index in [-0.39, 0.29) is 23.0 Å². The van der Waals surface area contributed by atoms with Crippen molar-refractivity contribution in [1.29, 1.82) is 0 Å². The van der Waals surface area contributed by atoms with Crippen LogP contribution in [-0.4, -0.2) is 27.4 Å². The molecule has 0 amide bonds. The highest BCUT2D eigenvalue weighted by Crippen LogP contribution is 2.25. The number of aromatic carboxylic acids is 1. The highest BCUT2D eigenvalue weighted by Gasteiger charge is 2.19. The zero-order valence-electron chi connectivity index (χ0n) is 8.36. The van der Waals surface area contributed by atoms with E-state index in [0.717, 1.165) is 18.2 Å². The second-order valence-corrected chi connectivity index (χ2v) is 3.00. The number of nitro benzene ring substituents is 1. The maximum Gasteiger partial charge on any atom is 0.335 e. The van der Waals surface area contributed by atoms with Crippen molar-refractivity contribution in [2.24, 2.45) is 0 Å². The van der Waals surface area contributed by atoms with Crippen LogP contribution < -0.4 is 0 Å². The van der Waals surface area contributed by atoms with Crippen LogP contribution in [0.3, 0.4) is 0 Å². The van der Waals surface area contributed by atoms with Gasteiger partial charge in [0.2, 0.25) is 0 Å². The molecule has 0 aromatic heterocycles. The standard InChI is InChI=1S/C10H7NO6/c12-4-7(5-13)8-3-6(10(14)15)1-2-9(8)11(16)17/h1-5,12H,(H,14,15). The van der Waals surface area contributed by atoms with Gasteiger partial charge in [-0.1, -0.05) is 0 Å². The molecule has 17 heavy (non-hydrogen) atoms. The van der Waals surface area contributed by atoms with E-state index >= 15 is 0 Å². The molecule has 0 aliphatic heterocycles. The summed E-state index contributed by atoms with van der Waals surface area (Å²) >= 11 is 0. The average molecular weight is 237 g/mol. The molecule has 0 aliphatic rings. The molecule has 2 N–H and O–H groups in total. The van der Waals surface area contributed by atoms with Gasteiger partial charge in [-0.25, -0.2) is 4.79 Å². The van der Waals surface area contributed by atoms with Crippen molar-refractivity contribution >= 4 is 23.5 Å². The van der Waals surface area contributed by atoms with Gasteiger partial charge in [0.25, 0.3) is 5.69 Å². The monoisotopic (exact) mass is 237 g/mol. The number of allylic oxidation sites excluding steroid dienone is 1. The van der Waals surface area contributed by atoms with E-state index in [1.807, 2.05) is 0 Å². The molecule has 0 fully saturated rings. The number of hydrogen-bond acceptors (Lipinski definition) is 5. The van der Waals surface area contributed by atoms with Crippen LogP contribution >= 0.6 is 0 Å². The van der Waals surface area contributed by atoms with Crippen LogP contribution in [0.2, 0.25) is 0 Å². The van der Waals surface area contributed by atoms with Crippen molar-refractivity contribution < 1.29 is 24.7 Å². The molecule has 0 unspecified atom stereocenters. The van der Waals surface area contributed by atoms with Crippen LogP contribution in [0.5, 0.6) is 0 Å². The van der Waals surface area contributed by atoms with Gasteiger partial charge in [0.15, 0.2) is 6.29 Å². The Hall–Kier alpha value is -2.70. The summed E-state index contributed by atoms with van der Waals surface area (Å²) in [6.45, 7) is 0. The summed E-state index contributed by atoms with van der Waals surface area (Å²) in [6, 6.07) is 2.96. The summed E-state index contributed by atoms with van der Waals surface area (Å²) in [7, 11) is 0. The normalized spacial score (nSPS) is 10.9. The van der Waals surface area contributed by atoms with E-state index in [4.69, 9.17) is 10.2 Å². The molecule has 0 radical (unpaired) electrons. The van der Waals surface area contributed by atoms with Crippen molar-refractivity contribution in [2.75, 3.05) is 0 Å². The van der Waals surface area contributed by atoms with Gasteiger partial charge in [-0.05, 0) is 12.1 Å². The van der Waals surface area contributed by atoms with E-state index in [0.29, 0.717) is 6.26 Å². The van der Waals surface area contributed by atoms with Gasteiger partial charge >= 0.3 is 5.97 Å². The number of nitro groups is 1. The maximum absolute atomic E-state index is 10.7. The predicted molar refractivity (Wildman–Crippen MR) is 56.7 cm³/mol. The van der Waals surface area contributed by atoms with Gasteiger partial charge in [-0.2, -0.15) is 0 Å². The van der Waals surface area contributed by atoms with E-state index < -0.39 is 16.6 Å². The summed E-state index contributed by atoms with van der Waals surface area (Å²) in [5, 5.41) is 28.2. The Morgan fingerprint density at radius 2 is 2.06 bits per heavy atom. The summed E-state index contributed by atoms with van der Waals surface area (Å²) in [6.07, 6.45) is 0.592. The molecule has 0 atom stereocenters. The molecule has 0 saturated carbocycles. The third kappa shape index (κ3) is 2.46. The Labute approximate surface area is 94.8 Å². The lowest BCUT2D eigenvalue weighted by Gasteiger charge is -2.02. The van der Waals surface area contributed by atoms with Gasteiger partial charge in [0.1, 0.15) is 0 Å². The lowest BCUT2D eigenvalue weighted by molar-refractivity contribution is -0.385. The third-order valence-corrected chi connectivity index (χ3v) is 2.02. The van der Waals surface area contributed by atoms with Gasteiger partial charge in [-0.15, -0.1) is 0 Å². The second-order valence-electron chi connectivity index (χ2n) is 3.00. The molecule has 7 heteroatoms. The first-order valence-corrected chi connectivity index (χ1v) is 4.33. The fourth-order valence-electron chi connectivity index (χ4n) is 1.22. The first-order valence-electron chi connectivity index (χ1n) is 4.33. The summed E-state index contributed by atoms with van der Waals surface area (Å²) in [5.74, 6) is -1.29. The van der Waals surface area contributed by atoms with E-state index in [1.54, 1.807) is 0 Å². The van der Waals surface area contributed by atoms with Crippen molar-refractivity contribution in [1.82, 2.24) is 0 Å². The van der Waals surface area contributed by atoms with E-state index in [1.165, 1.54) is 0 Å². The smallest absolute Gasteiger partial charge is 0.335 e. The topological polar surface area (TPSA) is 118 Å². The largest absolute Gasteiger partial charge is 0.515 e. The van der Waals surface area contributed by atoms with Crippen LogP contribution in [0.25, 0.3) is 5.57 Å². The number of rotatable bonds is 4. The number of aldehydes is 1. The molecule has 1 rings (SSSR count). The molecule has 0 bridgehead atoms. The fraction of sp³-hybridized carbons (Fsp3) is 0. The number of nitrogens with zero attached hydrogens (tertiary/aromatic N) is 1. The summed E-state index contributed by atoms with van der Waals surface area (Å²) in [5.41, 5.74) is -1.28. The Balaban J connectivity index is 3.50. The summed E-state index contributed by atoms with van der Waals surface area (Å²) < 4.78 is 0. The molecular formula is C10H7NO6. The average Bonchev–Trinajstić information content (AvgIpc) is 2.30. The molecule has 0 heterocycles. The molecule has 1 aromatic carbocycles. The number of aliphatic hydroxyl groups excluding tert-OH is 1. The molecule has 7 nitrogen and oxygen atoms in total. The number of hydrogen-bond donors (Lipinski definition) is 2. The molecule has 88 valence electrons.